The molecule has 0 spiro atoms. The van der Waals surface area contributed by atoms with E-state index in [9.17, 15) is 12.8 Å². The largest absolute Gasteiger partial charge is 0.286 e. The van der Waals surface area contributed by atoms with Crippen molar-refractivity contribution in [1.29, 1.82) is 0 Å². The fourth-order valence-electron chi connectivity index (χ4n) is 0.379. The molecular formula is C4H10FIO3S. The first-order valence-electron chi connectivity index (χ1n) is 2.57. The van der Waals surface area contributed by atoms with Crippen molar-refractivity contribution < 1.29 is 17.4 Å². The molecule has 64 valence electrons. The summed E-state index contributed by atoms with van der Waals surface area (Å²) in [6.07, 6.45) is 0.384. The molecule has 0 aliphatic carbocycles. The molecule has 0 unspecified atom stereocenters. The van der Waals surface area contributed by atoms with Crippen LogP contribution in [0.5, 0.6) is 0 Å². The highest BCUT2D eigenvalue weighted by atomic mass is 127. The third-order valence-corrected chi connectivity index (χ3v) is 1.59. The number of alkyl halides is 1. The zero-order chi connectivity index (χ0) is 7.33. The van der Waals surface area contributed by atoms with Crippen LogP contribution in [0.4, 0.5) is 4.39 Å². The number of unbranched alkanes of at least 4 members (excludes halogenated alkanes) is 1. The van der Waals surface area contributed by atoms with E-state index in [0.29, 0.717) is 0 Å². The molecule has 1 N–H and O–H groups in total. The molecule has 0 aromatic rings. The van der Waals surface area contributed by atoms with Crippen molar-refractivity contribution in [3.05, 3.63) is 0 Å². The van der Waals surface area contributed by atoms with Gasteiger partial charge in [0.25, 0.3) is 10.1 Å². The topological polar surface area (TPSA) is 54.4 Å². The molecule has 0 bridgehead atoms. The van der Waals surface area contributed by atoms with Crippen LogP contribution in [0.2, 0.25) is 0 Å². The summed E-state index contributed by atoms with van der Waals surface area (Å²) in [6.45, 7) is -0.532. The van der Waals surface area contributed by atoms with Gasteiger partial charge < -0.3 is 0 Å². The average Bonchev–Trinajstić information content (AvgIpc) is 1.63. The first-order chi connectivity index (χ1) is 4.06. The van der Waals surface area contributed by atoms with E-state index in [1.165, 1.54) is 0 Å². The summed E-state index contributed by atoms with van der Waals surface area (Å²) in [5, 5.41) is 0. The van der Waals surface area contributed by atoms with Crippen molar-refractivity contribution in [2.45, 2.75) is 12.8 Å². The maximum absolute atomic E-state index is 11.3. The molecule has 10 heavy (non-hydrogen) atoms. The smallest absolute Gasteiger partial charge is 0.264 e. The Hall–Kier alpha value is 0.570. The van der Waals surface area contributed by atoms with E-state index >= 15 is 0 Å². The molecule has 0 saturated heterocycles. The first kappa shape index (κ1) is 13.2. The molecular weight excluding hydrogens is 274 g/mol. The van der Waals surface area contributed by atoms with E-state index in [-0.39, 0.29) is 42.6 Å². The summed E-state index contributed by atoms with van der Waals surface area (Å²) < 4.78 is 39.3. The Morgan fingerprint density at radius 1 is 1.30 bits per heavy atom. The summed E-state index contributed by atoms with van der Waals surface area (Å²) >= 11 is 0. The molecule has 0 saturated carbocycles. The van der Waals surface area contributed by atoms with Crippen LogP contribution in [-0.4, -0.2) is 25.4 Å². The van der Waals surface area contributed by atoms with Gasteiger partial charge in [0.15, 0.2) is 0 Å². The van der Waals surface area contributed by atoms with Gasteiger partial charge in [0.05, 0.1) is 12.4 Å². The Morgan fingerprint density at radius 3 is 2.10 bits per heavy atom. The summed E-state index contributed by atoms with van der Waals surface area (Å²) in [4.78, 5) is 0. The molecule has 0 aromatic heterocycles. The second-order valence-corrected chi connectivity index (χ2v) is 3.25. The fourth-order valence-corrected chi connectivity index (χ4v) is 0.948. The minimum Gasteiger partial charge on any atom is -0.286 e. The maximum atomic E-state index is 11.3. The Balaban J connectivity index is 0. The van der Waals surface area contributed by atoms with Crippen LogP contribution in [0.15, 0.2) is 0 Å². The third kappa shape index (κ3) is 11.4. The molecule has 6 heteroatoms. The van der Waals surface area contributed by atoms with Gasteiger partial charge in [-0.2, -0.15) is 8.42 Å². The third-order valence-electron chi connectivity index (χ3n) is 0.786. The van der Waals surface area contributed by atoms with Gasteiger partial charge >= 0.3 is 0 Å². The van der Waals surface area contributed by atoms with Gasteiger partial charge in [0.1, 0.15) is 0 Å². The standard InChI is InChI=1S/C4H9FO3S.HI/c5-3-1-2-4-9(6,7)8;/h1-4H2,(H,6,7,8);1H. The molecule has 0 aliphatic heterocycles. The van der Waals surface area contributed by atoms with Crippen LogP contribution in [0.3, 0.4) is 0 Å². The van der Waals surface area contributed by atoms with Crippen LogP contribution in [0.1, 0.15) is 12.8 Å². The number of halogens is 2. The SMILES string of the molecule is I.O=S(=O)(O)CCCCF. The monoisotopic (exact) mass is 284 g/mol. The van der Waals surface area contributed by atoms with Gasteiger partial charge in [0, 0.05) is 0 Å². The molecule has 0 radical (unpaired) electrons. The Labute approximate surface area is 76.8 Å². The van der Waals surface area contributed by atoms with E-state index in [1.807, 2.05) is 0 Å². The number of hydrogen-bond acceptors (Lipinski definition) is 2. The molecule has 0 fully saturated rings. The summed E-state index contributed by atoms with van der Waals surface area (Å²) in [5.74, 6) is -0.336. The predicted octanol–water partition coefficient (Wildman–Crippen LogP) is 1.24. The Kier molecular flexibility index (Phi) is 8.29. The Bertz CT molecular complexity index is 156. The van der Waals surface area contributed by atoms with E-state index in [2.05, 4.69) is 0 Å². The van der Waals surface area contributed by atoms with Crippen molar-refractivity contribution in [2.75, 3.05) is 12.4 Å². The zero-order valence-electron chi connectivity index (χ0n) is 5.29. The first-order valence-corrected chi connectivity index (χ1v) is 4.18. The van der Waals surface area contributed by atoms with Crippen molar-refractivity contribution in [1.82, 2.24) is 0 Å². The lowest BCUT2D eigenvalue weighted by atomic mass is 10.4. The maximum Gasteiger partial charge on any atom is 0.264 e. The number of rotatable bonds is 4. The van der Waals surface area contributed by atoms with Crippen molar-refractivity contribution >= 4 is 34.1 Å². The van der Waals surface area contributed by atoms with Gasteiger partial charge in [-0.15, -0.1) is 24.0 Å². The van der Waals surface area contributed by atoms with Gasteiger partial charge in [0.2, 0.25) is 0 Å². The highest BCUT2D eigenvalue weighted by molar-refractivity contribution is 14.0. The minimum atomic E-state index is -3.86. The van der Waals surface area contributed by atoms with Crippen molar-refractivity contribution in [3.8, 4) is 0 Å². The molecule has 3 nitrogen and oxygen atoms in total. The highest BCUT2D eigenvalue weighted by Crippen LogP contribution is 1.93. The van der Waals surface area contributed by atoms with Crippen LogP contribution < -0.4 is 0 Å². The van der Waals surface area contributed by atoms with E-state index in [4.69, 9.17) is 4.55 Å². The summed E-state index contributed by atoms with van der Waals surface area (Å²) in [5.41, 5.74) is 0. The molecule has 0 rings (SSSR count). The van der Waals surface area contributed by atoms with Crippen molar-refractivity contribution in [3.63, 3.8) is 0 Å². The quantitative estimate of drug-likeness (QED) is 0.480. The van der Waals surface area contributed by atoms with Crippen LogP contribution >= 0.6 is 24.0 Å². The van der Waals surface area contributed by atoms with Gasteiger partial charge in [-0.1, -0.05) is 0 Å². The van der Waals surface area contributed by atoms with Gasteiger partial charge in [-0.25, -0.2) is 0 Å². The Morgan fingerprint density at radius 2 is 1.80 bits per heavy atom. The van der Waals surface area contributed by atoms with Crippen molar-refractivity contribution in [2.24, 2.45) is 0 Å². The van der Waals surface area contributed by atoms with Crippen LogP contribution in [0, 0.1) is 0 Å². The highest BCUT2D eigenvalue weighted by Gasteiger charge is 2.01. The normalized spacial score (nSPS) is 10.6. The van der Waals surface area contributed by atoms with Gasteiger partial charge in [-0.05, 0) is 12.8 Å². The lowest BCUT2D eigenvalue weighted by molar-refractivity contribution is 0.456. The minimum absolute atomic E-state index is 0. The second kappa shape index (κ2) is 6.29. The van der Waals surface area contributed by atoms with Crippen LogP contribution in [0.25, 0.3) is 0 Å². The second-order valence-electron chi connectivity index (χ2n) is 1.68. The lowest BCUT2D eigenvalue weighted by Crippen LogP contribution is -2.03. The summed E-state index contributed by atoms with van der Waals surface area (Å²) in [7, 11) is -3.86. The molecule has 0 heterocycles. The van der Waals surface area contributed by atoms with E-state index < -0.39 is 16.8 Å². The molecule has 0 amide bonds. The average molecular weight is 284 g/mol. The van der Waals surface area contributed by atoms with Gasteiger partial charge in [-0.3, -0.25) is 8.94 Å². The van der Waals surface area contributed by atoms with Crippen LogP contribution in [-0.2, 0) is 10.1 Å². The fraction of sp³-hybridized carbons (Fsp3) is 1.00. The molecule has 0 aromatic carbocycles. The summed E-state index contributed by atoms with van der Waals surface area (Å²) in [6, 6.07) is 0. The lowest BCUT2D eigenvalue weighted by Gasteiger charge is -1.91. The van der Waals surface area contributed by atoms with E-state index in [1.54, 1.807) is 0 Å². The predicted molar refractivity (Wildman–Crippen MR) is 47.0 cm³/mol. The number of hydrogen-bond donors (Lipinski definition) is 1. The zero-order valence-corrected chi connectivity index (χ0v) is 8.43. The molecule has 0 aliphatic rings. The van der Waals surface area contributed by atoms with E-state index in [0.717, 1.165) is 0 Å². The molecule has 0 atom stereocenters.